The Balaban J connectivity index is 3.69. The predicted molar refractivity (Wildman–Crippen MR) is 65.7 cm³/mol. The van der Waals surface area contributed by atoms with Crippen LogP contribution < -0.4 is 5.32 Å². The number of rotatable bonds is 9. The molecule has 0 bridgehead atoms. The third-order valence-corrected chi connectivity index (χ3v) is 2.09. The van der Waals surface area contributed by atoms with Crippen LogP contribution in [-0.2, 0) is 9.47 Å². The lowest BCUT2D eigenvalue weighted by atomic mass is 10.0. The summed E-state index contributed by atoms with van der Waals surface area (Å²) in [6.45, 7) is 11.8. The van der Waals surface area contributed by atoms with Crippen LogP contribution in [0, 0.1) is 0 Å². The summed E-state index contributed by atoms with van der Waals surface area (Å²) in [5.41, 5.74) is -0.369. The van der Waals surface area contributed by atoms with E-state index in [-0.39, 0.29) is 18.2 Å². The maximum Gasteiger partial charge on any atom is 0.0703 e. The van der Waals surface area contributed by atoms with Gasteiger partial charge in [-0.25, -0.2) is 0 Å². The Hall–Kier alpha value is -0.160. The van der Waals surface area contributed by atoms with Gasteiger partial charge in [-0.1, -0.05) is 13.8 Å². The van der Waals surface area contributed by atoms with Gasteiger partial charge in [0.05, 0.1) is 38.1 Å². The number of aliphatic hydroxyl groups excluding tert-OH is 1. The maximum absolute atomic E-state index is 9.31. The van der Waals surface area contributed by atoms with Gasteiger partial charge in [0, 0.05) is 6.04 Å². The number of aliphatic hydroxyl groups is 1. The highest BCUT2D eigenvalue weighted by Gasteiger charge is 2.23. The van der Waals surface area contributed by atoms with Gasteiger partial charge in [0.2, 0.25) is 0 Å². The van der Waals surface area contributed by atoms with E-state index in [2.05, 4.69) is 19.2 Å². The standard InChI is InChI=1S/C12H27NO3/c1-10(2)13-12(5,8-14)9-15-6-7-16-11(3)4/h10-11,13-14H,6-9H2,1-5H3. The molecular formula is C12H27NO3. The zero-order chi connectivity index (χ0) is 12.6. The molecular weight excluding hydrogens is 206 g/mol. The van der Waals surface area contributed by atoms with Crippen LogP contribution in [0.15, 0.2) is 0 Å². The van der Waals surface area contributed by atoms with Gasteiger partial charge in [0.15, 0.2) is 0 Å². The third kappa shape index (κ3) is 8.05. The van der Waals surface area contributed by atoms with E-state index in [1.807, 2.05) is 20.8 Å². The molecule has 0 aromatic heterocycles. The van der Waals surface area contributed by atoms with Gasteiger partial charge < -0.3 is 19.9 Å². The molecule has 0 aliphatic rings. The van der Waals surface area contributed by atoms with E-state index >= 15 is 0 Å². The highest BCUT2D eigenvalue weighted by atomic mass is 16.5. The summed E-state index contributed by atoms with van der Waals surface area (Å²) in [6.07, 6.45) is 0.238. The highest BCUT2D eigenvalue weighted by Crippen LogP contribution is 2.05. The van der Waals surface area contributed by atoms with E-state index in [0.717, 1.165) is 0 Å². The van der Waals surface area contributed by atoms with Gasteiger partial charge in [0.1, 0.15) is 0 Å². The van der Waals surface area contributed by atoms with Gasteiger partial charge in [0.25, 0.3) is 0 Å². The number of hydrogen-bond acceptors (Lipinski definition) is 4. The molecule has 0 spiro atoms. The fraction of sp³-hybridized carbons (Fsp3) is 1.00. The SMILES string of the molecule is CC(C)NC(C)(CO)COCCOC(C)C. The average molecular weight is 233 g/mol. The molecule has 4 heteroatoms. The summed E-state index contributed by atoms with van der Waals surface area (Å²) in [5, 5.41) is 12.6. The molecule has 0 aliphatic carbocycles. The molecule has 16 heavy (non-hydrogen) atoms. The summed E-state index contributed by atoms with van der Waals surface area (Å²) in [6, 6.07) is 0.327. The average Bonchev–Trinajstić information content (AvgIpc) is 2.15. The normalized spacial score (nSPS) is 15.8. The van der Waals surface area contributed by atoms with Crippen molar-refractivity contribution in [3.63, 3.8) is 0 Å². The Morgan fingerprint density at radius 1 is 1.19 bits per heavy atom. The summed E-state index contributed by atoms with van der Waals surface area (Å²) >= 11 is 0. The lowest BCUT2D eigenvalue weighted by Gasteiger charge is -2.30. The molecule has 98 valence electrons. The fourth-order valence-corrected chi connectivity index (χ4v) is 1.47. The number of hydrogen-bond donors (Lipinski definition) is 2. The zero-order valence-corrected chi connectivity index (χ0v) is 11.2. The van der Waals surface area contributed by atoms with Crippen LogP contribution in [0.3, 0.4) is 0 Å². The predicted octanol–water partition coefficient (Wildman–Crippen LogP) is 1.18. The quantitative estimate of drug-likeness (QED) is 0.587. The van der Waals surface area contributed by atoms with Crippen molar-refractivity contribution in [2.75, 3.05) is 26.4 Å². The minimum atomic E-state index is -0.369. The maximum atomic E-state index is 9.31. The molecule has 0 fully saturated rings. The van der Waals surface area contributed by atoms with Gasteiger partial charge >= 0.3 is 0 Å². The molecule has 0 saturated heterocycles. The zero-order valence-electron chi connectivity index (χ0n) is 11.2. The molecule has 0 heterocycles. The Morgan fingerprint density at radius 2 is 1.81 bits per heavy atom. The first kappa shape index (κ1) is 15.8. The van der Waals surface area contributed by atoms with E-state index < -0.39 is 0 Å². The summed E-state index contributed by atoms with van der Waals surface area (Å²) in [7, 11) is 0. The topological polar surface area (TPSA) is 50.7 Å². The van der Waals surface area contributed by atoms with Crippen molar-refractivity contribution < 1.29 is 14.6 Å². The van der Waals surface area contributed by atoms with Gasteiger partial charge in [-0.3, -0.25) is 0 Å². The van der Waals surface area contributed by atoms with Crippen molar-refractivity contribution in [3.05, 3.63) is 0 Å². The molecule has 0 saturated carbocycles. The molecule has 2 N–H and O–H groups in total. The van der Waals surface area contributed by atoms with E-state index in [0.29, 0.717) is 25.9 Å². The van der Waals surface area contributed by atoms with E-state index in [1.165, 1.54) is 0 Å². The van der Waals surface area contributed by atoms with E-state index in [1.54, 1.807) is 0 Å². The first-order chi connectivity index (χ1) is 7.39. The Bertz CT molecular complexity index is 174. The van der Waals surface area contributed by atoms with Crippen molar-refractivity contribution in [2.24, 2.45) is 0 Å². The van der Waals surface area contributed by atoms with Crippen LogP contribution >= 0.6 is 0 Å². The van der Waals surface area contributed by atoms with Crippen molar-refractivity contribution in [3.8, 4) is 0 Å². The Morgan fingerprint density at radius 3 is 2.25 bits per heavy atom. The Labute approximate surface area is 99.3 Å². The van der Waals surface area contributed by atoms with Crippen molar-refractivity contribution in [1.82, 2.24) is 5.32 Å². The van der Waals surface area contributed by atoms with Gasteiger partial charge in [-0.15, -0.1) is 0 Å². The van der Waals surface area contributed by atoms with Crippen molar-refractivity contribution >= 4 is 0 Å². The summed E-state index contributed by atoms with van der Waals surface area (Å²) in [4.78, 5) is 0. The van der Waals surface area contributed by atoms with Crippen LogP contribution in [0.2, 0.25) is 0 Å². The molecule has 0 amide bonds. The monoisotopic (exact) mass is 233 g/mol. The molecule has 0 rings (SSSR count). The minimum absolute atomic E-state index is 0.0657. The smallest absolute Gasteiger partial charge is 0.0703 e. The fourth-order valence-electron chi connectivity index (χ4n) is 1.47. The molecule has 0 radical (unpaired) electrons. The van der Waals surface area contributed by atoms with Gasteiger partial charge in [-0.2, -0.15) is 0 Å². The van der Waals surface area contributed by atoms with Crippen LogP contribution in [0.4, 0.5) is 0 Å². The number of ether oxygens (including phenoxy) is 2. The molecule has 0 aromatic carbocycles. The minimum Gasteiger partial charge on any atom is -0.394 e. The van der Waals surface area contributed by atoms with Crippen LogP contribution in [0.25, 0.3) is 0 Å². The molecule has 0 aromatic rings. The first-order valence-electron chi connectivity index (χ1n) is 5.97. The van der Waals surface area contributed by atoms with Crippen molar-refractivity contribution in [1.29, 1.82) is 0 Å². The lowest BCUT2D eigenvalue weighted by molar-refractivity contribution is -0.00862. The molecule has 1 unspecified atom stereocenters. The summed E-state index contributed by atoms with van der Waals surface area (Å²) < 4.78 is 10.9. The van der Waals surface area contributed by atoms with E-state index in [4.69, 9.17) is 9.47 Å². The van der Waals surface area contributed by atoms with Crippen LogP contribution in [0.1, 0.15) is 34.6 Å². The summed E-state index contributed by atoms with van der Waals surface area (Å²) in [5.74, 6) is 0. The van der Waals surface area contributed by atoms with Crippen molar-refractivity contribution in [2.45, 2.75) is 52.3 Å². The molecule has 4 nitrogen and oxygen atoms in total. The Kier molecular flexibility index (Phi) is 7.93. The number of nitrogens with one attached hydrogen (secondary N) is 1. The van der Waals surface area contributed by atoms with Crippen LogP contribution in [-0.4, -0.2) is 49.2 Å². The lowest BCUT2D eigenvalue weighted by Crippen LogP contribution is -2.52. The van der Waals surface area contributed by atoms with E-state index in [9.17, 15) is 5.11 Å². The second-order valence-electron chi connectivity index (χ2n) is 4.99. The van der Waals surface area contributed by atoms with Crippen LogP contribution in [0.5, 0.6) is 0 Å². The highest BCUT2D eigenvalue weighted by molar-refractivity contribution is 4.83. The first-order valence-corrected chi connectivity index (χ1v) is 5.97. The largest absolute Gasteiger partial charge is 0.394 e. The second kappa shape index (κ2) is 8.01. The van der Waals surface area contributed by atoms with Gasteiger partial charge in [-0.05, 0) is 20.8 Å². The molecule has 0 aliphatic heterocycles. The third-order valence-electron chi connectivity index (χ3n) is 2.09. The second-order valence-corrected chi connectivity index (χ2v) is 4.99. The molecule has 1 atom stereocenters.